The first-order chi connectivity index (χ1) is 9.38. The number of hydrogen-bond donors (Lipinski definition) is 4. The van der Waals surface area contributed by atoms with Crippen molar-refractivity contribution in [1.29, 1.82) is 0 Å². The first-order valence-electron chi connectivity index (χ1n) is 6.21. The van der Waals surface area contributed by atoms with Crippen LogP contribution in [0.4, 0.5) is 11.4 Å². The molecule has 1 aromatic carbocycles. The van der Waals surface area contributed by atoms with Crippen molar-refractivity contribution in [2.75, 3.05) is 5.32 Å². The van der Waals surface area contributed by atoms with Gasteiger partial charge in [-0.2, -0.15) is 4.99 Å². The van der Waals surface area contributed by atoms with Gasteiger partial charge in [-0.15, -0.1) is 0 Å². The van der Waals surface area contributed by atoms with Crippen LogP contribution in [0.25, 0.3) is 0 Å². The van der Waals surface area contributed by atoms with Gasteiger partial charge in [0, 0.05) is 6.42 Å². The molecule has 0 spiro atoms. The quantitative estimate of drug-likeness (QED) is 0.480. The van der Waals surface area contributed by atoms with E-state index in [0.717, 1.165) is 0 Å². The van der Waals surface area contributed by atoms with E-state index in [1.54, 1.807) is 24.3 Å². The van der Waals surface area contributed by atoms with Gasteiger partial charge in [0.05, 0.1) is 11.4 Å². The van der Waals surface area contributed by atoms with Gasteiger partial charge in [-0.3, -0.25) is 4.79 Å². The van der Waals surface area contributed by atoms with Gasteiger partial charge in [0.15, 0.2) is 5.96 Å². The van der Waals surface area contributed by atoms with Crippen LogP contribution in [0.3, 0.4) is 0 Å². The predicted molar refractivity (Wildman–Crippen MR) is 81.6 cm³/mol. The highest BCUT2D eigenvalue weighted by molar-refractivity contribution is 5.97. The molecule has 7 nitrogen and oxygen atoms in total. The summed E-state index contributed by atoms with van der Waals surface area (Å²) in [7, 11) is 0. The van der Waals surface area contributed by atoms with E-state index >= 15 is 0 Å². The number of benzene rings is 1. The number of carbonyl (C=O) groups is 1. The van der Waals surface area contributed by atoms with Gasteiger partial charge in [-0.25, -0.2) is 4.99 Å². The fraction of sp³-hybridized carbons (Fsp3) is 0.308. The lowest BCUT2D eigenvalue weighted by Crippen LogP contribution is -2.26. The molecule has 0 saturated carbocycles. The van der Waals surface area contributed by atoms with E-state index in [2.05, 4.69) is 15.3 Å². The molecule has 7 N–H and O–H groups in total. The maximum atomic E-state index is 11.8. The first kappa shape index (κ1) is 15.5. The van der Waals surface area contributed by atoms with Crippen molar-refractivity contribution < 1.29 is 4.79 Å². The molecule has 0 aliphatic heterocycles. The summed E-state index contributed by atoms with van der Waals surface area (Å²) in [5.41, 5.74) is 17.1. The second-order valence-electron chi connectivity index (χ2n) is 4.67. The average molecular weight is 276 g/mol. The second-order valence-corrected chi connectivity index (χ2v) is 4.67. The molecule has 0 saturated heterocycles. The van der Waals surface area contributed by atoms with Crippen LogP contribution in [-0.2, 0) is 4.79 Å². The molecule has 7 heteroatoms. The number of nitrogens with two attached hydrogens (primary N) is 3. The molecule has 1 rings (SSSR count). The Labute approximate surface area is 118 Å². The lowest BCUT2D eigenvalue weighted by Gasteiger charge is -2.09. The summed E-state index contributed by atoms with van der Waals surface area (Å²) in [6, 6.07) is 7.01. The normalized spacial score (nSPS) is 11.2. The lowest BCUT2D eigenvalue weighted by atomic mass is 10.1. The minimum atomic E-state index is -0.174. The van der Waals surface area contributed by atoms with Crippen LogP contribution < -0.4 is 22.5 Å². The van der Waals surface area contributed by atoms with E-state index < -0.39 is 0 Å². The van der Waals surface area contributed by atoms with E-state index in [4.69, 9.17) is 17.2 Å². The largest absolute Gasteiger partial charge is 0.370 e. The maximum absolute atomic E-state index is 11.8. The topological polar surface area (TPSA) is 132 Å². The highest BCUT2D eigenvalue weighted by Gasteiger charge is 2.08. The van der Waals surface area contributed by atoms with E-state index in [9.17, 15) is 4.79 Å². The third kappa shape index (κ3) is 5.38. The van der Waals surface area contributed by atoms with Crippen LogP contribution in [0.5, 0.6) is 0 Å². The summed E-state index contributed by atoms with van der Waals surface area (Å²) in [6.45, 7) is 3.95. The molecule has 0 fully saturated rings. The summed E-state index contributed by atoms with van der Waals surface area (Å²) in [4.78, 5) is 19.5. The van der Waals surface area contributed by atoms with Gasteiger partial charge in [0.2, 0.25) is 11.9 Å². The summed E-state index contributed by atoms with van der Waals surface area (Å²) in [5.74, 6) is -0.0523. The minimum absolute atomic E-state index is 0.0736. The molecule has 20 heavy (non-hydrogen) atoms. The standard InChI is InChI=1S/C13H20N6O/c1-8(2)7-11(20)17-9-5-3-4-6-10(9)18-13(16)19-12(14)15/h3-6,8H,7H2,1-2H3,(H,17,20)(H6,14,15,16,18,19). The number of para-hydroxylation sites is 2. The Balaban J connectivity index is 2.94. The van der Waals surface area contributed by atoms with Crippen LogP contribution in [0.1, 0.15) is 20.3 Å². The molecule has 0 atom stereocenters. The number of hydrogen-bond acceptors (Lipinski definition) is 2. The highest BCUT2D eigenvalue weighted by Crippen LogP contribution is 2.24. The third-order valence-corrected chi connectivity index (χ3v) is 2.25. The molecular weight excluding hydrogens is 256 g/mol. The number of nitrogens with zero attached hydrogens (tertiary/aromatic N) is 2. The predicted octanol–water partition coefficient (Wildman–Crippen LogP) is 0.891. The van der Waals surface area contributed by atoms with Crippen molar-refractivity contribution in [3.63, 3.8) is 0 Å². The molecule has 0 heterocycles. The van der Waals surface area contributed by atoms with Gasteiger partial charge in [-0.05, 0) is 18.1 Å². The number of nitrogens with one attached hydrogen (secondary N) is 1. The monoisotopic (exact) mass is 276 g/mol. The molecular formula is C13H20N6O. The maximum Gasteiger partial charge on any atom is 0.224 e. The molecule has 0 unspecified atom stereocenters. The Morgan fingerprint density at radius 3 is 2.50 bits per heavy atom. The van der Waals surface area contributed by atoms with Crippen LogP contribution in [-0.4, -0.2) is 17.8 Å². The molecule has 0 aliphatic rings. The molecule has 0 aromatic heterocycles. The first-order valence-corrected chi connectivity index (χ1v) is 6.21. The van der Waals surface area contributed by atoms with Gasteiger partial charge in [0.25, 0.3) is 0 Å². The van der Waals surface area contributed by atoms with Crippen LogP contribution in [0.2, 0.25) is 0 Å². The van der Waals surface area contributed by atoms with Crippen molar-refractivity contribution in [2.24, 2.45) is 33.1 Å². The number of guanidine groups is 2. The number of anilines is 1. The molecule has 1 amide bonds. The summed E-state index contributed by atoms with van der Waals surface area (Å²) < 4.78 is 0. The Morgan fingerprint density at radius 2 is 1.90 bits per heavy atom. The van der Waals surface area contributed by atoms with Crippen molar-refractivity contribution in [1.82, 2.24) is 0 Å². The van der Waals surface area contributed by atoms with Crippen LogP contribution >= 0.6 is 0 Å². The van der Waals surface area contributed by atoms with Crippen molar-refractivity contribution in [2.45, 2.75) is 20.3 Å². The van der Waals surface area contributed by atoms with Crippen molar-refractivity contribution >= 4 is 29.2 Å². The molecule has 0 bridgehead atoms. The zero-order valence-electron chi connectivity index (χ0n) is 11.6. The Kier molecular flexibility index (Phi) is 5.52. The number of amides is 1. The molecule has 0 radical (unpaired) electrons. The summed E-state index contributed by atoms with van der Waals surface area (Å²) in [6.07, 6.45) is 0.432. The highest BCUT2D eigenvalue weighted by atomic mass is 16.1. The van der Waals surface area contributed by atoms with E-state index in [1.165, 1.54) is 0 Å². The average Bonchev–Trinajstić information content (AvgIpc) is 2.29. The lowest BCUT2D eigenvalue weighted by molar-refractivity contribution is -0.116. The summed E-state index contributed by atoms with van der Waals surface area (Å²) in [5, 5.41) is 2.79. The van der Waals surface area contributed by atoms with Crippen LogP contribution in [0, 0.1) is 5.92 Å². The fourth-order valence-corrected chi connectivity index (χ4v) is 1.53. The smallest absolute Gasteiger partial charge is 0.224 e. The summed E-state index contributed by atoms with van der Waals surface area (Å²) >= 11 is 0. The zero-order chi connectivity index (χ0) is 15.1. The molecule has 1 aromatic rings. The van der Waals surface area contributed by atoms with Crippen molar-refractivity contribution in [3.05, 3.63) is 24.3 Å². The van der Waals surface area contributed by atoms with Gasteiger partial charge in [-0.1, -0.05) is 26.0 Å². The van der Waals surface area contributed by atoms with Gasteiger partial charge in [0.1, 0.15) is 0 Å². The number of carbonyl (C=O) groups excluding carboxylic acids is 1. The SMILES string of the molecule is CC(C)CC(=O)Nc1ccccc1N=C(N)N=C(N)N. The Morgan fingerprint density at radius 1 is 1.25 bits per heavy atom. The third-order valence-electron chi connectivity index (χ3n) is 2.25. The van der Waals surface area contributed by atoms with E-state index in [0.29, 0.717) is 17.8 Å². The van der Waals surface area contributed by atoms with Gasteiger partial charge < -0.3 is 22.5 Å². The second kappa shape index (κ2) is 7.13. The minimum Gasteiger partial charge on any atom is -0.370 e. The van der Waals surface area contributed by atoms with E-state index in [-0.39, 0.29) is 23.7 Å². The fourth-order valence-electron chi connectivity index (χ4n) is 1.53. The van der Waals surface area contributed by atoms with Crippen molar-refractivity contribution in [3.8, 4) is 0 Å². The van der Waals surface area contributed by atoms with Gasteiger partial charge >= 0.3 is 0 Å². The van der Waals surface area contributed by atoms with E-state index in [1.807, 2.05) is 13.8 Å². The molecule has 108 valence electrons. The Hall–Kier alpha value is -2.57. The molecule has 0 aliphatic carbocycles. The Bertz CT molecular complexity index is 531. The number of aliphatic imine (C=N–C) groups is 2. The zero-order valence-corrected chi connectivity index (χ0v) is 11.6. The van der Waals surface area contributed by atoms with Crippen LogP contribution in [0.15, 0.2) is 34.3 Å². The number of rotatable bonds is 4.